The first kappa shape index (κ1) is 18.7. The van der Waals surface area contributed by atoms with Gasteiger partial charge in [0, 0.05) is 11.0 Å². The lowest BCUT2D eigenvalue weighted by atomic mass is 9.70. The highest BCUT2D eigenvalue weighted by atomic mass is 16.6. The van der Waals surface area contributed by atoms with Crippen molar-refractivity contribution in [3.8, 4) is 11.8 Å². The fraction of sp³-hybridized carbons (Fsp3) is 0.440. The highest BCUT2D eigenvalue weighted by molar-refractivity contribution is 5.49. The predicted octanol–water partition coefficient (Wildman–Crippen LogP) is 5.94. The van der Waals surface area contributed by atoms with Gasteiger partial charge in [-0.2, -0.15) is 0 Å². The van der Waals surface area contributed by atoms with Gasteiger partial charge in [0.25, 0.3) is 0 Å². The number of hydrogen-bond acceptors (Lipinski definition) is 1. The predicted molar refractivity (Wildman–Crippen MR) is 110 cm³/mol. The highest BCUT2D eigenvalue weighted by Crippen LogP contribution is 2.39. The molecule has 1 heteroatoms. The van der Waals surface area contributed by atoms with Crippen LogP contribution in [0.2, 0.25) is 0 Å². The second kappa shape index (κ2) is 7.29. The van der Waals surface area contributed by atoms with Crippen molar-refractivity contribution < 1.29 is 4.74 Å². The van der Waals surface area contributed by atoms with Crippen LogP contribution in [0.5, 0.6) is 0 Å². The van der Waals surface area contributed by atoms with E-state index in [2.05, 4.69) is 88.9 Å². The molecule has 1 aliphatic rings. The Morgan fingerprint density at radius 2 is 1.69 bits per heavy atom. The van der Waals surface area contributed by atoms with Gasteiger partial charge in [-0.3, -0.25) is 0 Å². The fourth-order valence-corrected chi connectivity index (χ4v) is 3.91. The maximum absolute atomic E-state index is 5.52. The third-order valence-corrected chi connectivity index (χ3v) is 6.05. The van der Waals surface area contributed by atoms with Gasteiger partial charge in [0.1, 0.15) is 0 Å². The van der Waals surface area contributed by atoms with E-state index in [0.717, 1.165) is 31.4 Å². The van der Waals surface area contributed by atoms with Gasteiger partial charge in [0.2, 0.25) is 0 Å². The third kappa shape index (κ3) is 3.44. The van der Waals surface area contributed by atoms with Gasteiger partial charge in [-0.15, -0.1) is 0 Å². The SMILES string of the molecule is CCC1(C#Cc2ccc(C(CC)(CC)c3cccc(C)c3)cc2C)CO1. The average molecular weight is 347 g/mol. The lowest BCUT2D eigenvalue weighted by Gasteiger charge is -2.34. The zero-order valence-electron chi connectivity index (χ0n) is 16.8. The quantitative estimate of drug-likeness (QED) is 0.482. The molecule has 1 fully saturated rings. The zero-order valence-corrected chi connectivity index (χ0v) is 16.8. The van der Waals surface area contributed by atoms with Crippen LogP contribution in [0.1, 0.15) is 67.9 Å². The monoisotopic (exact) mass is 346 g/mol. The van der Waals surface area contributed by atoms with E-state index in [4.69, 9.17) is 4.74 Å². The van der Waals surface area contributed by atoms with Crippen LogP contribution in [0.25, 0.3) is 0 Å². The molecular formula is C25H30O. The standard InChI is InChI=1S/C25H30O/c1-6-24(18-26-24)15-14-21-12-13-23(17-20(21)5)25(7-2,8-3)22-11-9-10-19(4)16-22/h9-13,16-17H,6-8,18H2,1-5H3. The van der Waals surface area contributed by atoms with Gasteiger partial charge in [-0.05, 0) is 55.9 Å². The molecule has 1 nitrogen and oxygen atoms in total. The zero-order chi connectivity index (χ0) is 18.8. The molecule has 0 bridgehead atoms. The molecule has 0 amide bonds. The number of benzene rings is 2. The molecule has 1 unspecified atom stereocenters. The second-order valence-electron chi connectivity index (χ2n) is 7.57. The van der Waals surface area contributed by atoms with Crippen LogP contribution in [0.15, 0.2) is 42.5 Å². The van der Waals surface area contributed by atoms with E-state index in [1.807, 2.05) is 0 Å². The average Bonchev–Trinajstić information content (AvgIpc) is 3.43. The Morgan fingerprint density at radius 3 is 2.23 bits per heavy atom. The first-order chi connectivity index (χ1) is 12.5. The van der Waals surface area contributed by atoms with E-state index in [9.17, 15) is 0 Å². The van der Waals surface area contributed by atoms with Crippen molar-refractivity contribution in [2.75, 3.05) is 6.61 Å². The van der Waals surface area contributed by atoms with Crippen LogP contribution < -0.4 is 0 Å². The second-order valence-corrected chi connectivity index (χ2v) is 7.57. The Kier molecular flexibility index (Phi) is 5.26. The maximum Gasteiger partial charge on any atom is 0.152 e. The molecule has 1 atom stereocenters. The normalized spacial score (nSPS) is 19.0. The lowest BCUT2D eigenvalue weighted by Crippen LogP contribution is -2.26. The lowest BCUT2D eigenvalue weighted by molar-refractivity contribution is 0.353. The van der Waals surface area contributed by atoms with E-state index in [1.54, 1.807) is 0 Å². The summed E-state index contributed by atoms with van der Waals surface area (Å²) >= 11 is 0. The molecule has 0 aliphatic carbocycles. The largest absolute Gasteiger partial charge is 0.356 e. The van der Waals surface area contributed by atoms with Crippen LogP contribution >= 0.6 is 0 Å². The molecule has 1 aliphatic heterocycles. The molecule has 26 heavy (non-hydrogen) atoms. The third-order valence-electron chi connectivity index (χ3n) is 6.05. The Bertz CT molecular complexity index is 842. The molecular weight excluding hydrogens is 316 g/mol. The molecule has 0 aromatic heterocycles. The van der Waals surface area contributed by atoms with Gasteiger partial charge >= 0.3 is 0 Å². The summed E-state index contributed by atoms with van der Waals surface area (Å²) in [6.07, 6.45) is 3.13. The highest BCUT2D eigenvalue weighted by Gasteiger charge is 2.41. The topological polar surface area (TPSA) is 12.5 Å². The van der Waals surface area contributed by atoms with Crippen molar-refractivity contribution in [3.05, 3.63) is 70.3 Å². The summed E-state index contributed by atoms with van der Waals surface area (Å²) in [4.78, 5) is 0. The van der Waals surface area contributed by atoms with Crippen molar-refractivity contribution in [1.82, 2.24) is 0 Å². The minimum absolute atomic E-state index is 0.0625. The summed E-state index contributed by atoms with van der Waals surface area (Å²) in [6.45, 7) is 11.8. The van der Waals surface area contributed by atoms with Gasteiger partial charge in [0.15, 0.2) is 5.60 Å². The summed E-state index contributed by atoms with van der Waals surface area (Å²) in [7, 11) is 0. The summed E-state index contributed by atoms with van der Waals surface area (Å²) in [5.74, 6) is 6.69. The van der Waals surface area contributed by atoms with Crippen LogP contribution in [0.3, 0.4) is 0 Å². The molecule has 3 rings (SSSR count). The van der Waals surface area contributed by atoms with Crippen molar-refractivity contribution >= 4 is 0 Å². The number of epoxide rings is 1. The minimum Gasteiger partial charge on any atom is -0.356 e. The van der Waals surface area contributed by atoms with E-state index in [1.165, 1.54) is 22.3 Å². The minimum atomic E-state index is -0.177. The van der Waals surface area contributed by atoms with Crippen molar-refractivity contribution in [2.24, 2.45) is 0 Å². The van der Waals surface area contributed by atoms with Crippen LogP contribution in [-0.4, -0.2) is 12.2 Å². The van der Waals surface area contributed by atoms with Gasteiger partial charge < -0.3 is 4.74 Å². The van der Waals surface area contributed by atoms with Crippen molar-refractivity contribution in [1.29, 1.82) is 0 Å². The maximum atomic E-state index is 5.52. The first-order valence-corrected chi connectivity index (χ1v) is 9.84. The summed E-state index contributed by atoms with van der Waals surface area (Å²) < 4.78 is 5.52. The van der Waals surface area contributed by atoms with Crippen molar-refractivity contribution in [2.45, 2.75) is 64.9 Å². The summed E-state index contributed by atoms with van der Waals surface area (Å²) in [5.41, 5.74) is 6.38. The van der Waals surface area contributed by atoms with Gasteiger partial charge in [0.05, 0.1) is 6.61 Å². The summed E-state index contributed by atoms with van der Waals surface area (Å²) in [5, 5.41) is 0. The molecule has 0 N–H and O–H groups in total. The molecule has 0 saturated carbocycles. The Hall–Kier alpha value is -2.04. The number of rotatable bonds is 5. The van der Waals surface area contributed by atoms with Crippen LogP contribution in [0.4, 0.5) is 0 Å². The van der Waals surface area contributed by atoms with Gasteiger partial charge in [-0.25, -0.2) is 0 Å². The smallest absolute Gasteiger partial charge is 0.152 e. The Labute approximate surface area is 158 Å². The van der Waals surface area contributed by atoms with E-state index < -0.39 is 0 Å². The Morgan fingerprint density at radius 1 is 1.00 bits per heavy atom. The number of ether oxygens (including phenoxy) is 1. The first-order valence-electron chi connectivity index (χ1n) is 9.84. The van der Waals surface area contributed by atoms with Crippen molar-refractivity contribution in [3.63, 3.8) is 0 Å². The molecule has 0 spiro atoms. The summed E-state index contributed by atoms with van der Waals surface area (Å²) in [6, 6.07) is 15.8. The van der Waals surface area contributed by atoms with E-state index >= 15 is 0 Å². The van der Waals surface area contributed by atoms with E-state index in [0.29, 0.717) is 0 Å². The Balaban J connectivity index is 2.00. The molecule has 2 aromatic rings. The fourth-order valence-electron chi connectivity index (χ4n) is 3.91. The van der Waals surface area contributed by atoms with Gasteiger partial charge in [-0.1, -0.05) is 74.6 Å². The van der Waals surface area contributed by atoms with Crippen LogP contribution in [0, 0.1) is 25.7 Å². The molecule has 1 heterocycles. The van der Waals surface area contributed by atoms with E-state index in [-0.39, 0.29) is 11.0 Å². The number of hydrogen-bond donors (Lipinski definition) is 0. The molecule has 136 valence electrons. The molecule has 1 saturated heterocycles. The molecule has 2 aromatic carbocycles. The number of aryl methyl sites for hydroxylation is 2. The molecule has 0 radical (unpaired) electrons. The van der Waals surface area contributed by atoms with Crippen LogP contribution in [-0.2, 0) is 10.2 Å².